The Labute approximate surface area is 404 Å². The highest BCUT2D eigenvalue weighted by atomic mass is 32.2. The predicted octanol–water partition coefficient (Wildman–Crippen LogP) is 0.813. The smallest absolute Gasteiger partial charge is 0.468 e. The molecule has 2 fully saturated rings. The third kappa shape index (κ3) is 24.0. The number of carbonyl (C=O) groups is 5. The molecule has 0 spiro atoms. The van der Waals surface area contributed by atoms with Crippen molar-refractivity contribution < 1.29 is 74.9 Å². The Kier molecular flexibility index (Phi) is 34.9. The van der Waals surface area contributed by atoms with Crippen LogP contribution in [0.3, 0.4) is 0 Å². The lowest BCUT2D eigenvalue weighted by Crippen LogP contribution is -2.56. The van der Waals surface area contributed by atoms with Gasteiger partial charge in [-0.2, -0.15) is 21.6 Å². The normalized spacial score (nSPS) is 19.5. The standard InChI is InChI=1S/C28H52N4O8.C8H20N4.C7H11F3O5S.H2/c1-9-21(25(33)37-5)29-13-15-30(22(10-2)26(34)38-6)17-19-32(24(12-4)28(36)40-8)20-18-31(16-14-29)23(11-3)27(35)39-7;1-2-10-5-6-12-8-7-11-4-3-9-1;1-3-4-5(6(11)14-2)15-16(12,13)7(8,9)10;/h21-24H,9-20H2,1-8H3;9-12H,1-8H2;5H,3-4H2,1-2H3;1H. The summed E-state index contributed by atoms with van der Waals surface area (Å²) in [6, 6.07) is -1.86. The van der Waals surface area contributed by atoms with Crippen LogP contribution in [0.25, 0.3) is 0 Å². The van der Waals surface area contributed by atoms with Crippen LogP contribution < -0.4 is 21.3 Å². The van der Waals surface area contributed by atoms with Crippen LogP contribution in [0.5, 0.6) is 0 Å². The third-order valence-corrected chi connectivity index (χ3v) is 12.4. The maximum Gasteiger partial charge on any atom is 0.523 e. The Morgan fingerprint density at radius 1 is 0.471 bits per heavy atom. The first kappa shape index (κ1) is 64.7. The van der Waals surface area contributed by atoms with Crippen LogP contribution in [-0.2, 0) is 62.0 Å². The van der Waals surface area contributed by atoms with Crippen LogP contribution in [0.1, 0.15) is 74.6 Å². The Morgan fingerprint density at radius 2 is 0.691 bits per heavy atom. The van der Waals surface area contributed by atoms with Crippen molar-refractivity contribution in [2.45, 2.75) is 109 Å². The maximum atomic E-state index is 12.7. The van der Waals surface area contributed by atoms with Crippen LogP contribution in [-0.4, -0.2) is 234 Å². The zero-order valence-corrected chi connectivity index (χ0v) is 42.9. The summed E-state index contributed by atoms with van der Waals surface area (Å²) < 4.78 is 85.4. The van der Waals surface area contributed by atoms with E-state index in [4.69, 9.17) is 18.9 Å². The zero-order valence-electron chi connectivity index (χ0n) is 42.1. The Balaban J connectivity index is 0. The largest absolute Gasteiger partial charge is 0.523 e. The average molecular weight is 1010 g/mol. The molecule has 4 N–H and O–H groups in total. The fraction of sp³-hybridized carbons (Fsp3) is 0.884. The quantitative estimate of drug-likeness (QED) is 0.0683. The minimum Gasteiger partial charge on any atom is -0.468 e. The molecule has 21 nitrogen and oxygen atoms in total. The number of nitrogens with zero attached hydrogens (tertiary/aromatic N) is 4. The van der Waals surface area contributed by atoms with E-state index >= 15 is 0 Å². The molecule has 0 aromatic carbocycles. The molecule has 2 aliphatic rings. The van der Waals surface area contributed by atoms with Gasteiger partial charge in [-0.1, -0.05) is 41.0 Å². The predicted molar refractivity (Wildman–Crippen MR) is 251 cm³/mol. The van der Waals surface area contributed by atoms with Gasteiger partial charge in [0.25, 0.3) is 0 Å². The van der Waals surface area contributed by atoms with E-state index in [1.54, 1.807) is 6.92 Å². The van der Waals surface area contributed by atoms with Crippen molar-refractivity contribution in [2.75, 3.05) is 140 Å². The van der Waals surface area contributed by atoms with E-state index in [2.05, 4.69) is 49.8 Å². The number of halogens is 3. The lowest BCUT2D eigenvalue weighted by molar-refractivity contribution is -0.151. The van der Waals surface area contributed by atoms with Gasteiger partial charge in [-0.3, -0.25) is 38.8 Å². The molecule has 0 aromatic rings. The molecule has 68 heavy (non-hydrogen) atoms. The summed E-state index contributed by atoms with van der Waals surface area (Å²) in [5, 5.41) is 13.4. The molecule has 0 radical (unpaired) electrons. The molecule has 5 unspecified atom stereocenters. The van der Waals surface area contributed by atoms with E-state index in [1.807, 2.05) is 27.7 Å². The summed E-state index contributed by atoms with van der Waals surface area (Å²) in [5.74, 6) is -2.43. The van der Waals surface area contributed by atoms with Gasteiger partial charge >= 0.3 is 45.5 Å². The van der Waals surface area contributed by atoms with Gasteiger partial charge in [-0.25, -0.2) is 8.98 Å². The molecule has 2 saturated heterocycles. The summed E-state index contributed by atoms with van der Waals surface area (Å²) in [4.78, 5) is 70.1. The van der Waals surface area contributed by atoms with E-state index in [1.165, 1.54) is 28.4 Å². The molecule has 0 amide bonds. The lowest BCUT2D eigenvalue weighted by atomic mass is 10.1. The fourth-order valence-electron chi connectivity index (χ4n) is 7.57. The van der Waals surface area contributed by atoms with Crippen molar-refractivity contribution in [1.29, 1.82) is 0 Å². The molecule has 5 atom stereocenters. The van der Waals surface area contributed by atoms with Crippen LogP contribution in [0.4, 0.5) is 13.2 Å². The van der Waals surface area contributed by atoms with Gasteiger partial charge in [-0.05, 0) is 32.1 Å². The summed E-state index contributed by atoms with van der Waals surface area (Å²) in [6.07, 6.45) is 0.553. The van der Waals surface area contributed by atoms with Crippen molar-refractivity contribution in [1.82, 2.24) is 40.9 Å². The van der Waals surface area contributed by atoms with Gasteiger partial charge in [-0.15, -0.1) is 0 Å². The molecule has 2 aliphatic heterocycles. The number of carbonyl (C=O) groups excluding carboxylic acids is 5. The molecule has 2 heterocycles. The van der Waals surface area contributed by atoms with E-state index in [0.717, 1.165) is 59.5 Å². The number of esters is 5. The topological polar surface area (TPSA) is 236 Å². The minimum absolute atomic E-state index is 0. The SMILES string of the molecule is C1CNCCNCCNCCN1.CCC(C(=O)OC)N1CCN(C(CC)C(=O)OC)CCN(C(CC)C(=O)OC)CCN(C(CC)C(=O)OC)CC1.CCCC(OS(=O)(=O)C(F)(F)F)C(=O)OC.[HH]. The fourth-order valence-corrected chi connectivity index (χ4v) is 8.16. The molecule has 0 aromatic heterocycles. The van der Waals surface area contributed by atoms with E-state index in [0.29, 0.717) is 78.0 Å². The van der Waals surface area contributed by atoms with Gasteiger partial charge in [0.2, 0.25) is 0 Å². The minimum atomic E-state index is -5.78. The van der Waals surface area contributed by atoms with Gasteiger partial charge < -0.3 is 45.0 Å². The van der Waals surface area contributed by atoms with Gasteiger partial charge in [0, 0.05) is 106 Å². The zero-order chi connectivity index (χ0) is 51.7. The van der Waals surface area contributed by atoms with Crippen molar-refractivity contribution in [3.05, 3.63) is 0 Å². The molecule has 0 saturated carbocycles. The Bertz CT molecular complexity index is 1360. The van der Waals surface area contributed by atoms with Crippen molar-refractivity contribution >= 4 is 40.0 Å². The van der Waals surface area contributed by atoms with Gasteiger partial charge in [0.1, 0.15) is 24.2 Å². The number of hydrogen-bond donors (Lipinski definition) is 4. The molecule has 402 valence electrons. The molecule has 0 bridgehead atoms. The van der Waals surface area contributed by atoms with Crippen LogP contribution >= 0.6 is 0 Å². The highest BCUT2D eigenvalue weighted by Crippen LogP contribution is 2.27. The summed E-state index contributed by atoms with van der Waals surface area (Å²) >= 11 is 0. The van der Waals surface area contributed by atoms with Crippen LogP contribution in [0.15, 0.2) is 0 Å². The first-order chi connectivity index (χ1) is 32.3. The number of nitrogens with one attached hydrogen (secondary N) is 4. The Hall–Kier alpha value is -3.27. The second kappa shape index (κ2) is 36.6. The molecular formula is C43H85F3N8O13S. The van der Waals surface area contributed by atoms with Crippen molar-refractivity contribution in [3.63, 3.8) is 0 Å². The van der Waals surface area contributed by atoms with Gasteiger partial charge in [0.15, 0.2) is 6.10 Å². The third-order valence-electron chi connectivity index (χ3n) is 11.4. The molecule has 25 heteroatoms. The second-order valence-electron chi connectivity index (χ2n) is 15.7. The highest BCUT2D eigenvalue weighted by Gasteiger charge is 2.49. The second-order valence-corrected chi connectivity index (χ2v) is 17.3. The number of ether oxygens (including phenoxy) is 5. The summed E-state index contributed by atoms with van der Waals surface area (Å²) in [5.41, 5.74) is -5.55. The van der Waals surface area contributed by atoms with E-state index in [-0.39, 0.29) is 38.1 Å². The van der Waals surface area contributed by atoms with Crippen molar-refractivity contribution in [2.24, 2.45) is 0 Å². The van der Waals surface area contributed by atoms with Crippen LogP contribution in [0.2, 0.25) is 0 Å². The van der Waals surface area contributed by atoms with Gasteiger partial charge in [0.05, 0.1) is 35.5 Å². The van der Waals surface area contributed by atoms with Crippen molar-refractivity contribution in [3.8, 4) is 0 Å². The van der Waals surface area contributed by atoms with E-state index in [9.17, 15) is 45.6 Å². The number of methoxy groups -OCH3 is 5. The Morgan fingerprint density at radius 3 is 0.853 bits per heavy atom. The van der Waals surface area contributed by atoms with E-state index < -0.39 is 51.9 Å². The average Bonchev–Trinajstić information content (AvgIpc) is 3.31. The first-order valence-corrected chi connectivity index (χ1v) is 24.9. The maximum absolute atomic E-state index is 12.7. The highest BCUT2D eigenvalue weighted by molar-refractivity contribution is 7.87. The molecular weight excluding hydrogens is 926 g/mol. The monoisotopic (exact) mass is 1010 g/mol. The first-order valence-electron chi connectivity index (χ1n) is 23.5. The number of alkyl halides is 3. The molecule has 2 rings (SSSR count). The number of hydrogen-bond acceptors (Lipinski definition) is 21. The number of rotatable bonds is 17. The summed E-state index contributed by atoms with van der Waals surface area (Å²) in [6.45, 7) is 21.9. The van der Waals surface area contributed by atoms with Crippen LogP contribution in [0, 0.1) is 0 Å². The lowest BCUT2D eigenvalue weighted by Gasteiger charge is -2.40. The molecule has 0 aliphatic carbocycles. The summed E-state index contributed by atoms with van der Waals surface area (Å²) in [7, 11) is 0.685.